The van der Waals surface area contributed by atoms with Gasteiger partial charge in [-0.3, -0.25) is 9.69 Å². The molecular weight excluding hydrogens is 332 g/mol. The summed E-state index contributed by atoms with van der Waals surface area (Å²) in [5, 5.41) is 0. The molecule has 0 bridgehead atoms. The summed E-state index contributed by atoms with van der Waals surface area (Å²) in [5.74, 6) is 1.13. The van der Waals surface area contributed by atoms with E-state index in [-0.39, 0.29) is 0 Å². The summed E-state index contributed by atoms with van der Waals surface area (Å²) in [7, 11) is 0. The summed E-state index contributed by atoms with van der Waals surface area (Å²) < 4.78 is 6.40. The maximum Gasteiger partial charge on any atom is 0.210 e. The molecule has 21 heavy (non-hydrogen) atoms. The van der Waals surface area contributed by atoms with Crippen LogP contribution in [0.25, 0.3) is 0 Å². The van der Waals surface area contributed by atoms with Crippen LogP contribution in [0.3, 0.4) is 0 Å². The average molecular weight is 349 g/mol. The van der Waals surface area contributed by atoms with Gasteiger partial charge in [0.2, 0.25) is 5.88 Å². The second-order valence-electron chi connectivity index (χ2n) is 5.17. The summed E-state index contributed by atoms with van der Waals surface area (Å²) in [5.41, 5.74) is 1.34. The number of carbonyl (C=O) groups is 1. The molecule has 0 N–H and O–H groups in total. The molecule has 0 amide bonds. The Morgan fingerprint density at radius 3 is 2.48 bits per heavy atom. The van der Waals surface area contributed by atoms with Crippen molar-refractivity contribution in [2.24, 2.45) is 0 Å². The Morgan fingerprint density at radius 2 is 1.86 bits per heavy atom. The number of hydrogen-bond acceptors (Lipinski definition) is 4. The molecule has 110 valence electrons. The number of furan rings is 1. The van der Waals surface area contributed by atoms with Gasteiger partial charge in [-0.15, -0.1) is 0 Å². The van der Waals surface area contributed by atoms with E-state index in [0.717, 1.165) is 49.4 Å². The molecule has 0 spiro atoms. The zero-order chi connectivity index (χ0) is 14.7. The third-order valence-corrected chi connectivity index (χ3v) is 4.28. The molecular formula is C16H17BrN2O2. The lowest BCUT2D eigenvalue weighted by atomic mass is 10.2. The Bertz CT molecular complexity index is 604. The number of piperazine rings is 1. The van der Waals surface area contributed by atoms with Crippen molar-refractivity contribution in [1.29, 1.82) is 0 Å². The van der Waals surface area contributed by atoms with Gasteiger partial charge in [0.15, 0.2) is 12.0 Å². The summed E-state index contributed by atoms with van der Waals surface area (Å²) in [6.07, 6.45) is 0.736. The number of hydrogen-bond donors (Lipinski definition) is 0. The van der Waals surface area contributed by atoms with Crippen LogP contribution >= 0.6 is 15.9 Å². The van der Waals surface area contributed by atoms with Crippen molar-refractivity contribution in [3.63, 3.8) is 0 Å². The molecule has 0 atom stereocenters. The Hall–Kier alpha value is -1.59. The van der Waals surface area contributed by atoms with Crippen LogP contribution in [0.2, 0.25) is 0 Å². The fraction of sp³-hybridized carbons (Fsp3) is 0.312. The summed E-state index contributed by atoms with van der Waals surface area (Å²) in [4.78, 5) is 15.4. The molecule has 1 fully saturated rings. The van der Waals surface area contributed by atoms with Gasteiger partial charge in [-0.1, -0.05) is 30.3 Å². The fourth-order valence-electron chi connectivity index (χ4n) is 2.60. The number of carbonyl (C=O) groups excluding carboxylic acids is 1. The van der Waals surface area contributed by atoms with Gasteiger partial charge in [0.25, 0.3) is 0 Å². The molecule has 1 saturated heterocycles. The minimum absolute atomic E-state index is 0.364. The van der Waals surface area contributed by atoms with Crippen molar-refractivity contribution in [3.05, 3.63) is 52.2 Å². The van der Waals surface area contributed by atoms with Crippen LogP contribution in [0, 0.1) is 0 Å². The predicted octanol–water partition coefficient (Wildman–Crippen LogP) is 3.18. The zero-order valence-electron chi connectivity index (χ0n) is 11.7. The molecule has 0 radical (unpaired) electrons. The van der Waals surface area contributed by atoms with Gasteiger partial charge in [-0.2, -0.15) is 0 Å². The van der Waals surface area contributed by atoms with E-state index >= 15 is 0 Å². The lowest BCUT2D eigenvalue weighted by Gasteiger charge is -2.34. The molecule has 4 nitrogen and oxygen atoms in total. The van der Waals surface area contributed by atoms with Gasteiger partial charge >= 0.3 is 0 Å². The maximum absolute atomic E-state index is 10.8. The van der Waals surface area contributed by atoms with Gasteiger partial charge < -0.3 is 9.32 Å². The second kappa shape index (κ2) is 6.45. The fourth-order valence-corrected chi connectivity index (χ4v) is 3.16. The van der Waals surface area contributed by atoms with E-state index in [4.69, 9.17) is 4.42 Å². The summed E-state index contributed by atoms with van der Waals surface area (Å²) in [6, 6.07) is 12.2. The van der Waals surface area contributed by atoms with Crippen molar-refractivity contribution in [2.45, 2.75) is 6.54 Å². The highest BCUT2D eigenvalue weighted by atomic mass is 79.9. The van der Waals surface area contributed by atoms with Crippen LogP contribution in [-0.2, 0) is 6.54 Å². The maximum atomic E-state index is 10.8. The third-order valence-electron chi connectivity index (χ3n) is 3.71. The molecule has 3 rings (SSSR count). The number of anilines is 1. The van der Waals surface area contributed by atoms with E-state index in [0.29, 0.717) is 5.76 Å². The van der Waals surface area contributed by atoms with Crippen molar-refractivity contribution in [3.8, 4) is 0 Å². The zero-order valence-corrected chi connectivity index (χ0v) is 13.3. The predicted molar refractivity (Wildman–Crippen MR) is 85.7 cm³/mol. The van der Waals surface area contributed by atoms with E-state index in [9.17, 15) is 4.79 Å². The Morgan fingerprint density at radius 1 is 1.14 bits per heavy atom. The van der Waals surface area contributed by atoms with Crippen LogP contribution < -0.4 is 4.90 Å². The summed E-state index contributed by atoms with van der Waals surface area (Å²) >= 11 is 3.45. The normalized spacial score (nSPS) is 16.1. The first-order chi connectivity index (χ1) is 10.3. The van der Waals surface area contributed by atoms with Gasteiger partial charge in [0.05, 0.1) is 4.47 Å². The van der Waals surface area contributed by atoms with E-state index in [1.54, 1.807) is 6.07 Å². The first-order valence-corrected chi connectivity index (χ1v) is 7.81. The van der Waals surface area contributed by atoms with E-state index < -0.39 is 0 Å². The topological polar surface area (TPSA) is 36.7 Å². The van der Waals surface area contributed by atoms with Crippen LogP contribution in [-0.4, -0.2) is 37.4 Å². The largest absolute Gasteiger partial charge is 0.436 e. The number of benzene rings is 1. The van der Waals surface area contributed by atoms with Crippen molar-refractivity contribution >= 4 is 28.1 Å². The average Bonchev–Trinajstić information content (AvgIpc) is 2.90. The molecule has 0 saturated carbocycles. The lowest BCUT2D eigenvalue weighted by molar-refractivity contribution is 0.110. The molecule has 0 aliphatic carbocycles. The van der Waals surface area contributed by atoms with Crippen LogP contribution in [0.15, 0.2) is 45.3 Å². The number of rotatable bonds is 4. The van der Waals surface area contributed by atoms with Crippen LogP contribution in [0.1, 0.15) is 16.1 Å². The minimum Gasteiger partial charge on any atom is -0.436 e. The van der Waals surface area contributed by atoms with Gasteiger partial charge in [0.1, 0.15) is 0 Å². The highest BCUT2D eigenvalue weighted by Gasteiger charge is 2.22. The van der Waals surface area contributed by atoms with Crippen molar-refractivity contribution < 1.29 is 9.21 Å². The number of halogens is 1. The lowest BCUT2D eigenvalue weighted by Crippen LogP contribution is -2.45. The van der Waals surface area contributed by atoms with Crippen molar-refractivity contribution in [1.82, 2.24) is 4.90 Å². The minimum atomic E-state index is 0.364. The third kappa shape index (κ3) is 3.36. The molecule has 1 aliphatic heterocycles. The Balaban J connectivity index is 1.60. The smallest absolute Gasteiger partial charge is 0.210 e. The van der Waals surface area contributed by atoms with E-state index in [1.165, 1.54) is 5.56 Å². The molecule has 2 aromatic rings. The van der Waals surface area contributed by atoms with Crippen molar-refractivity contribution in [2.75, 3.05) is 31.1 Å². The van der Waals surface area contributed by atoms with Gasteiger partial charge in [0, 0.05) is 38.8 Å². The molecule has 1 aromatic carbocycles. The van der Waals surface area contributed by atoms with E-state index in [1.807, 2.05) is 6.07 Å². The molecule has 1 aliphatic rings. The van der Waals surface area contributed by atoms with Gasteiger partial charge in [-0.05, 0) is 21.5 Å². The molecule has 1 aromatic heterocycles. The first-order valence-electron chi connectivity index (χ1n) is 7.02. The second-order valence-corrected chi connectivity index (χ2v) is 6.02. The quantitative estimate of drug-likeness (QED) is 0.795. The number of nitrogens with zero attached hydrogens (tertiary/aromatic N) is 2. The Kier molecular flexibility index (Phi) is 4.41. The highest BCUT2D eigenvalue weighted by molar-refractivity contribution is 9.10. The van der Waals surface area contributed by atoms with Crippen LogP contribution in [0.4, 0.5) is 5.88 Å². The monoisotopic (exact) mass is 348 g/mol. The Labute approximate surface area is 132 Å². The van der Waals surface area contributed by atoms with Crippen LogP contribution in [0.5, 0.6) is 0 Å². The molecule has 0 unspecified atom stereocenters. The standard InChI is InChI=1S/C16H17BrN2O2/c17-15-10-14(12-20)21-16(15)19-8-6-18(7-9-19)11-13-4-2-1-3-5-13/h1-5,10,12H,6-9,11H2. The highest BCUT2D eigenvalue weighted by Crippen LogP contribution is 2.30. The van der Waals surface area contributed by atoms with Gasteiger partial charge in [-0.25, -0.2) is 0 Å². The first kappa shape index (κ1) is 14.4. The molecule has 5 heteroatoms. The summed E-state index contributed by atoms with van der Waals surface area (Å²) in [6.45, 7) is 4.75. The SMILES string of the molecule is O=Cc1cc(Br)c(N2CCN(Cc3ccccc3)CC2)o1. The van der Waals surface area contributed by atoms with E-state index in [2.05, 4.69) is 50.0 Å². The molecule has 2 heterocycles. The number of aldehydes is 1.